The molecule has 1 rings (SSSR count). The number of carbonyl (C=O) groups is 1. The highest BCUT2D eigenvalue weighted by Gasteiger charge is 2.17. The number of nitrogens with two attached hydrogens (primary N) is 1. The lowest BCUT2D eigenvalue weighted by Gasteiger charge is -2.07. The van der Waals surface area contributed by atoms with Crippen molar-refractivity contribution in [2.75, 3.05) is 5.73 Å². The Morgan fingerprint density at radius 2 is 2.00 bits per heavy atom. The van der Waals surface area contributed by atoms with Crippen LogP contribution >= 0.6 is 0 Å². The third-order valence-electron chi connectivity index (χ3n) is 2.08. The van der Waals surface area contributed by atoms with Gasteiger partial charge < -0.3 is 5.73 Å². The zero-order chi connectivity index (χ0) is 10.9. The van der Waals surface area contributed by atoms with Crippen molar-refractivity contribution in [1.82, 2.24) is 0 Å². The molecule has 1 aromatic carbocycles. The van der Waals surface area contributed by atoms with Crippen molar-refractivity contribution in [1.29, 1.82) is 0 Å². The van der Waals surface area contributed by atoms with E-state index in [1.54, 1.807) is 6.92 Å². The molecule has 14 heavy (non-hydrogen) atoms. The number of carbonyl (C=O) groups excluding carboxylic acids is 1. The molecule has 2 N–H and O–H groups in total. The first kappa shape index (κ1) is 10.6. The highest BCUT2D eigenvalue weighted by atomic mass is 19.2. The van der Waals surface area contributed by atoms with Crippen LogP contribution in [0.15, 0.2) is 6.07 Å². The first-order valence-electron chi connectivity index (χ1n) is 4.26. The van der Waals surface area contributed by atoms with Gasteiger partial charge in [0.15, 0.2) is 17.4 Å². The predicted octanol–water partition coefficient (Wildman–Crippen LogP) is 2.31. The Bertz CT molecular complexity index is 388. The summed E-state index contributed by atoms with van der Waals surface area (Å²) in [5.74, 6) is -2.46. The summed E-state index contributed by atoms with van der Waals surface area (Å²) in [5, 5.41) is 0. The molecule has 0 aliphatic heterocycles. The van der Waals surface area contributed by atoms with Crippen LogP contribution in [-0.4, -0.2) is 5.78 Å². The number of rotatable bonds is 2. The van der Waals surface area contributed by atoms with E-state index in [9.17, 15) is 13.6 Å². The number of anilines is 1. The molecule has 76 valence electrons. The largest absolute Gasteiger partial charge is 0.396 e. The number of ketones is 1. The molecule has 0 aromatic heterocycles. The Hall–Kier alpha value is -1.45. The van der Waals surface area contributed by atoms with E-state index < -0.39 is 17.3 Å². The molecule has 0 amide bonds. The first-order valence-corrected chi connectivity index (χ1v) is 4.26. The van der Waals surface area contributed by atoms with Crippen LogP contribution in [0.1, 0.15) is 29.8 Å². The minimum atomic E-state index is -1.13. The van der Waals surface area contributed by atoms with Gasteiger partial charge in [0, 0.05) is 5.56 Å². The van der Waals surface area contributed by atoms with Crippen LogP contribution in [0.3, 0.4) is 0 Å². The summed E-state index contributed by atoms with van der Waals surface area (Å²) in [5.41, 5.74) is 5.07. The number of benzene rings is 1. The zero-order valence-electron chi connectivity index (χ0n) is 8.03. The maximum absolute atomic E-state index is 13.1. The monoisotopic (exact) mass is 199 g/mol. The maximum atomic E-state index is 13.1. The molecule has 0 unspecified atom stereocenters. The van der Waals surface area contributed by atoms with Gasteiger partial charge in [0.2, 0.25) is 0 Å². The lowest BCUT2D eigenvalue weighted by Crippen LogP contribution is -2.07. The van der Waals surface area contributed by atoms with Gasteiger partial charge in [-0.2, -0.15) is 0 Å². The second kappa shape index (κ2) is 3.74. The quantitative estimate of drug-likeness (QED) is 0.586. The smallest absolute Gasteiger partial charge is 0.182 e. The van der Waals surface area contributed by atoms with Crippen molar-refractivity contribution in [3.05, 3.63) is 28.8 Å². The molecule has 0 saturated carbocycles. The average molecular weight is 199 g/mol. The first-order chi connectivity index (χ1) is 6.49. The number of nitrogen functional groups attached to an aromatic ring is 1. The van der Waals surface area contributed by atoms with Crippen molar-refractivity contribution >= 4 is 11.5 Å². The lowest BCUT2D eigenvalue weighted by atomic mass is 10.0. The predicted molar refractivity (Wildman–Crippen MR) is 50.2 cm³/mol. The molecule has 0 aliphatic carbocycles. The van der Waals surface area contributed by atoms with Gasteiger partial charge in [0.25, 0.3) is 0 Å². The van der Waals surface area contributed by atoms with E-state index >= 15 is 0 Å². The molecule has 1 aromatic rings. The van der Waals surface area contributed by atoms with Crippen LogP contribution in [0.4, 0.5) is 14.5 Å². The Kier molecular flexibility index (Phi) is 2.84. The number of aryl methyl sites for hydroxylation is 1. The minimum Gasteiger partial charge on any atom is -0.396 e. The van der Waals surface area contributed by atoms with Gasteiger partial charge in [0.1, 0.15) is 0 Å². The summed E-state index contributed by atoms with van der Waals surface area (Å²) in [6.07, 6.45) is 0.323. The fourth-order valence-electron chi connectivity index (χ4n) is 1.24. The van der Waals surface area contributed by atoms with E-state index in [0.29, 0.717) is 6.42 Å². The van der Waals surface area contributed by atoms with Crippen molar-refractivity contribution < 1.29 is 13.6 Å². The van der Waals surface area contributed by atoms with Gasteiger partial charge in [0.05, 0.1) is 5.69 Å². The number of halogens is 2. The SMILES string of the molecule is CCc1cc(C(C)=O)c(N)c(F)c1F. The van der Waals surface area contributed by atoms with Gasteiger partial charge in [-0.3, -0.25) is 4.79 Å². The Balaban J connectivity index is 3.48. The Labute approximate surface area is 80.7 Å². The van der Waals surface area contributed by atoms with Gasteiger partial charge in [-0.05, 0) is 25.0 Å². The fraction of sp³-hybridized carbons (Fsp3) is 0.300. The van der Waals surface area contributed by atoms with E-state index in [1.807, 2.05) is 0 Å². The number of hydrogen-bond donors (Lipinski definition) is 1. The van der Waals surface area contributed by atoms with Crippen LogP contribution in [0.5, 0.6) is 0 Å². The second-order valence-electron chi connectivity index (χ2n) is 3.03. The molecule has 0 bridgehead atoms. The van der Waals surface area contributed by atoms with Crippen molar-refractivity contribution in [3.63, 3.8) is 0 Å². The van der Waals surface area contributed by atoms with Gasteiger partial charge in [-0.15, -0.1) is 0 Å². The summed E-state index contributed by atoms with van der Waals surface area (Å²) in [6.45, 7) is 2.94. The molecule has 0 spiro atoms. The highest BCUT2D eigenvalue weighted by Crippen LogP contribution is 2.23. The third-order valence-corrected chi connectivity index (χ3v) is 2.08. The molecular weight excluding hydrogens is 188 g/mol. The summed E-state index contributed by atoms with van der Waals surface area (Å²) in [7, 11) is 0. The Morgan fingerprint density at radius 3 is 2.43 bits per heavy atom. The summed E-state index contributed by atoms with van der Waals surface area (Å²) < 4.78 is 26.3. The van der Waals surface area contributed by atoms with Crippen molar-refractivity contribution in [3.8, 4) is 0 Å². The van der Waals surface area contributed by atoms with E-state index in [-0.39, 0.29) is 16.9 Å². The second-order valence-corrected chi connectivity index (χ2v) is 3.03. The molecule has 0 saturated heterocycles. The van der Waals surface area contributed by atoms with Gasteiger partial charge in [-0.1, -0.05) is 6.92 Å². The molecule has 0 fully saturated rings. The van der Waals surface area contributed by atoms with E-state index in [1.165, 1.54) is 13.0 Å². The van der Waals surface area contributed by atoms with E-state index in [4.69, 9.17) is 5.73 Å². The molecular formula is C10H11F2NO. The molecule has 4 heteroatoms. The summed E-state index contributed by atoms with van der Waals surface area (Å²) in [4.78, 5) is 11.0. The third kappa shape index (κ3) is 1.60. The summed E-state index contributed by atoms with van der Waals surface area (Å²) >= 11 is 0. The van der Waals surface area contributed by atoms with Crippen LogP contribution in [0.2, 0.25) is 0 Å². The molecule has 0 heterocycles. The Morgan fingerprint density at radius 1 is 1.43 bits per heavy atom. The van der Waals surface area contributed by atoms with E-state index in [2.05, 4.69) is 0 Å². The standard InChI is InChI=1S/C10H11F2NO/c1-3-6-4-7(5(2)14)10(13)9(12)8(6)11/h4H,3,13H2,1-2H3. The molecule has 0 radical (unpaired) electrons. The van der Waals surface area contributed by atoms with Crippen molar-refractivity contribution in [2.45, 2.75) is 20.3 Å². The zero-order valence-corrected chi connectivity index (χ0v) is 8.03. The van der Waals surface area contributed by atoms with Crippen LogP contribution in [0, 0.1) is 11.6 Å². The van der Waals surface area contributed by atoms with Gasteiger partial charge >= 0.3 is 0 Å². The van der Waals surface area contributed by atoms with Gasteiger partial charge in [-0.25, -0.2) is 8.78 Å². The maximum Gasteiger partial charge on any atom is 0.182 e. The average Bonchev–Trinajstić information content (AvgIpc) is 2.14. The summed E-state index contributed by atoms with van der Waals surface area (Å²) in [6, 6.07) is 1.30. The minimum absolute atomic E-state index is 0.0424. The fourth-order valence-corrected chi connectivity index (χ4v) is 1.24. The topological polar surface area (TPSA) is 43.1 Å². The lowest BCUT2D eigenvalue weighted by molar-refractivity contribution is 0.101. The molecule has 0 aliphatic rings. The van der Waals surface area contributed by atoms with E-state index in [0.717, 1.165) is 0 Å². The number of hydrogen-bond acceptors (Lipinski definition) is 2. The molecule has 2 nitrogen and oxygen atoms in total. The normalized spacial score (nSPS) is 10.3. The highest BCUT2D eigenvalue weighted by molar-refractivity contribution is 5.99. The number of Topliss-reactive ketones (excluding diaryl/α,β-unsaturated/α-hetero) is 1. The van der Waals surface area contributed by atoms with Crippen LogP contribution < -0.4 is 5.73 Å². The van der Waals surface area contributed by atoms with Crippen LogP contribution in [0.25, 0.3) is 0 Å². The molecule has 0 atom stereocenters. The van der Waals surface area contributed by atoms with Crippen LogP contribution in [-0.2, 0) is 6.42 Å². The van der Waals surface area contributed by atoms with Crippen molar-refractivity contribution in [2.24, 2.45) is 0 Å².